The van der Waals surface area contributed by atoms with Crippen LogP contribution in [-0.4, -0.2) is 15.6 Å². The third kappa shape index (κ3) is 4.07. The molecular formula is C24H23N3O2. The van der Waals surface area contributed by atoms with Gasteiger partial charge in [-0.3, -0.25) is 4.79 Å². The predicted molar refractivity (Wildman–Crippen MR) is 115 cm³/mol. The lowest BCUT2D eigenvalue weighted by Gasteiger charge is -2.14. The van der Waals surface area contributed by atoms with E-state index in [1.165, 1.54) is 23.3 Å². The van der Waals surface area contributed by atoms with Gasteiger partial charge in [0.25, 0.3) is 5.91 Å². The summed E-state index contributed by atoms with van der Waals surface area (Å²) in [5, 5.41) is 21.6. The van der Waals surface area contributed by atoms with Crippen molar-refractivity contribution in [2.24, 2.45) is 0 Å². The molecule has 0 radical (unpaired) electrons. The summed E-state index contributed by atoms with van der Waals surface area (Å²) in [6.07, 6.45) is 1.61. The molecule has 0 unspecified atom stereocenters. The molecule has 0 atom stereocenters. The van der Waals surface area contributed by atoms with Crippen LogP contribution in [-0.2, 0) is 4.79 Å². The minimum atomic E-state index is -0.491. The van der Waals surface area contributed by atoms with E-state index in [0.717, 1.165) is 22.6 Å². The SMILES string of the molecule is Cc1cccc(-n2c(C)cc(/C=C(/C#N)C(=O)Nc3ccc(O)cc3)c2C)c1C. The number of anilines is 1. The van der Waals surface area contributed by atoms with Gasteiger partial charge in [0.1, 0.15) is 17.4 Å². The van der Waals surface area contributed by atoms with Crippen LogP contribution in [0.3, 0.4) is 0 Å². The number of hydrogen-bond acceptors (Lipinski definition) is 3. The number of nitrogens with zero attached hydrogens (tertiary/aromatic N) is 2. The van der Waals surface area contributed by atoms with Crippen molar-refractivity contribution in [3.63, 3.8) is 0 Å². The summed E-state index contributed by atoms with van der Waals surface area (Å²) in [5.74, 6) is -0.382. The fourth-order valence-corrected chi connectivity index (χ4v) is 3.33. The molecule has 0 bridgehead atoms. The van der Waals surface area contributed by atoms with Gasteiger partial charge in [-0.1, -0.05) is 12.1 Å². The predicted octanol–water partition coefficient (Wildman–Crippen LogP) is 4.96. The van der Waals surface area contributed by atoms with Crippen LogP contribution in [0.2, 0.25) is 0 Å². The monoisotopic (exact) mass is 385 g/mol. The Morgan fingerprint density at radius 3 is 2.45 bits per heavy atom. The van der Waals surface area contributed by atoms with Crippen LogP contribution >= 0.6 is 0 Å². The maximum absolute atomic E-state index is 12.5. The van der Waals surface area contributed by atoms with E-state index in [9.17, 15) is 15.2 Å². The van der Waals surface area contributed by atoms with Gasteiger partial charge >= 0.3 is 0 Å². The molecule has 0 saturated heterocycles. The van der Waals surface area contributed by atoms with E-state index in [1.54, 1.807) is 18.2 Å². The normalized spacial score (nSPS) is 11.2. The summed E-state index contributed by atoms with van der Waals surface area (Å²) in [7, 11) is 0. The number of phenols is 1. The minimum absolute atomic E-state index is 0.0132. The third-order valence-electron chi connectivity index (χ3n) is 5.08. The zero-order valence-corrected chi connectivity index (χ0v) is 16.9. The third-order valence-corrected chi connectivity index (χ3v) is 5.08. The first-order valence-electron chi connectivity index (χ1n) is 9.29. The molecule has 0 fully saturated rings. The van der Waals surface area contributed by atoms with Crippen molar-refractivity contribution in [3.8, 4) is 17.5 Å². The number of hydrogen-bond donors (Lipinski definition) is 2. The molecule has 29 heavy (non-hydrogen) atoms. The number of nitrogens with one attached hydrogen (secondary N) is 1. The molecule has 0 aliphatic heterocycles. The molecule has 0 saturated carbocycles. The smallest absolute Gasteiger partial charge is 0.266 e. The highest BCUT2D eigenvalue weighted by Crippen LogP contribution is 2.26. The fourth-order valence-electron chi connectivity index (χ4n) is 3.33. The lowest BCUT2D eigenvalue weighted by atomic mass is 10.1. The first-order valence-corrected chi connectivity index (χ1v) is 9.29. The average Bonchev–Trinajstić information content (AvgIpc) is 2.97. The Labute approximate surface area is 170 Å². The van der Waals surface area contributed by atoms with Crippen molar-refractivity contribution < 1.29 is 9.90 Å². The van der Waals surface area contributed by atoms with Crippen LogP contribution < -0.4 is 5.32 Å². The van der Waals surface area contributed by atoms with Gasteiger partial charge in [-0.05, 0) is 86.9 Å². The van der Waals surface area contributed by atoms with Crippen molar-refractivity contribution >= 4 is 17.7 Å². The second-order valence-electron chi connectivity index (χ2n) is 7.05. The van der Waals surface area contributed by atoms with Crippen molar-refractivity contribution in [1.82, 2.24) is 4.57 Å². The molecule has 5 nitrogen and oxygen atoms in total. The lowest BCUT2D eigenvalue weighted by molar-refractivity contribution is -0.112. The molecule has 1 heterocycles. The van der Waals surface area contributed by atoms with Gasteiger partial charge < -0.3 is 15.0 Å². The number of aromatic nitrogens is 1. The number of carbonyl (C=O) groups is 1. The van der Waals surface area contributed by atoms with Gasteiger partial charge in [-0.25, -0.2) is 0 Å². The molecule has 3 aromatic rings. The van der Waals surface area contributed by atoms with E-state index in [4.69, 9.17) is 0 Å². The molecule has 3 rings (SSSR count). The molecule has 0 aliphatic rings. The van der Waals surface area contributed by atoms with E-state index in [0.29, 0.717) is 5.69 Å². The van der Waals surface area contributed by atoms with Gasteiger partial charge in [0, 0.05) is 22.8 Å². The summed E-state index contributed by atoms with van der Waals surface area (Å²) in [5.41, 5.74) is 6.81. The number of aryl methyl sites for hydroxylation is 2. The zero-order valence-electron chi connectivity index (χ0n) is 16.9. The molecule has 0 spiro atoms. The average molecular weight is 385 g/mol. The minimum Gasteiger partial charge on any atom is -0.508 e. The highest BCUT2D eigenvalue weighted by molar-refractivity contribution is 6.09. The lowest BCUT2D eigenvalue weighted by Crippen LogP contribution is -2.13. The molecule has 2 aromatic carbocycles. The summed E-state index contributed by atoms with van der Waals surface area (Å²) in [6.45, 7) is 8.16. The molecule has 0 aliphatic carbocycles. The molecular weight excluding hydrogens is 362 g/mol. The Morgan fingerprint density at radius 1 is 1.10 bits per heavy atom. The number of phenolic OH excluding ortho intramolecular Hbond substituents is 1. The second-order valence-corrected chi connectivity index (χ2v) is 7.05. The van der Waals surface area contributed by atoms with Crippen LogP contribution in [0.1, 0.15) is 28.1 Å². The number of rotatable bonds is 4. The first kappa shape index (κ1) is 20.0. The van der Waals surface area contributed by atoms with Gasteiger partial charge in [-0.2, -0.15) is 5.26 Å². The van der Waals surface area contributed by atoms with Gasteiger partial charge in [0.15, 0.2) is 0 Å². The molecule has 2 N–H and O–H groups in total. The van der Waals surface area contributed by atoms with Gasteiger partial charge in [0.2, 0.25) is 0 Å². The Morgan fingerprint density at radius 2 is 1.79 bits per heavy atom. The maximum Gasteiger partial charge on any atom is 0.266 e. The highest BCUT2D eigenvalue weighted by Gasteiger charge is 2.15. The molecule has 5 heteroatoms. The summed E-state index contributed by atoms with van der Waals surface area (Å²) in [6, 6.07) is 16.2. The summed E-state index contributed by atoms with van der Waals surface area (Å²) >= 11 is 0. The van der Waals surface area contributed by atoms with E-state index in [2.05, 4.69) is 35.9 Å². The van der Waals surface area contributed by atoms with E-state index in [-0.39, 0.29) is 11.3 Å². The van der Waals surface area contributed by atoms with Crippen LogP contribution in [0.25, 0.3) is 11.8 Å². The van der Waals surface area contributed by atoms with Gasteiger partial charge in [0.05, 0.1) is 0 Å². The Kier molecular flexibility index (Phi) is 5.56. The zero-order chi connectivity index (χ0) is 21.1. The molecule has 146 valence electrons. The first-order chi connectivity index (χ1) is 13.8. The number of aromatic hydroxyl groups is 1. The van der Waals surface area contributed by atoms with E-state index < -0.39 is 5.91 Å². The molecule has 1 aromatic heterocycles. The van der Waals surface area contributed by atoms with Crippen molar-refractivity contribution in [2.75, 3.05) is 5.32 Å². The fraction of sp³-hybridized carbons (Fsp3) is 0.167. The van der Waals surface area contributed by atoms with Crippen LogP contribution in [0.4, 0.5) is 5.69 Å². The number of amides is 1. The quantitative estimate of drug-likeness (QED) is 0.378. The maximum atomic E-state index is 12.5. The Hall–Kier alpha value is -3.78. The number of nitriles is 1. The Balaban J connectivity index is 1.96. The van der Waals surface area contributed by atoms with Crippen LogP contribution in [0, 0.1) is 39.0 Å². The topological polar surface area (TPSA) is 78.0 Å². The van der Waals surface area contributed by atoms with Crippen LogP contribution in [0.5, 0.6) is 5.75 Å². The van der Waals surface area contributed by atoms with E-state index in [1.807, 2.05) is 32.0 Å². The van der Waals surface area contributed by atoms with Crippen LogP contribution in [0.15, 0.2) is 54.1 Å². The highest BCUT2D eigenvalue weighted by atomic mass is 16.3. The number of benzene rings is 2. The summed E-state index contributed by atoms with van der Waals surface area (Å²) in [4.78, 5) is 12.5. The number of carbonyl (C=O) groups excluding carboxylic acids is 1. The van der Waals surface area contributed by atoms with Crippen molar-refractivity contribution in [2.45, 2.75) is 27.7 Å². The second kappa shape index (κ2) is 8.07. The van der Waals surface area contributed by atoms with E-state index >= 15 is 0 Å². The van der Waals surface area contributed by atoms with Crippen molar-refractivity contribution in [1.29, 1.82) is 5.26 Å². The van der Waals surface area contributed by atoms with Crippen molar-refractivity contribution in [3.05, 3.63) is 82.2 Å². The van der Waals surface area contributed by atoms with Gasteiger partial charge in [-0.15, -0.1) is 0 Å². The molecule has 1 amide bonds. The largest absolute Gasteiger partial charge is 0.508 e. The Bertz CT molecular complexity index is 1150. The summed E-state index contributed by atoms with van der Waals surface area (Å²) < 4.78 is 2.14. The standard InChI is InChI=1S/C24H23N3O2/c1-15-6-5-7-23(17(15)3)27-16(2)12-19(18(27)4)13-20(14-25)24(29)26-21-8-10-22(28)11-9-21/h5-13,28H,1-4H3,(H,26,29)/b20-13-.